The van der Waals surface area contributed by atoms with Crippen LogP contribution in [0.1, 0.15) is 22.2 Å². The molecule has 6 nitrogen and oxygen atoms in total. The van der Waals surface area contributed by atoms with Crippen molar-refractivity contribution in [1.82, 2.24) is 19.5 Å². The van der Waals surface area contributed by atoms with E-state index < -0.39 is 39.9 Å². The number of rotatable bonds is 5. The highest BCUT2D eigenvalue weighted by molar-refractivity contribution is 7.84. The molecule has 4 aromatic rings. The molecule has 7 heteroatoms. The number of H-pyrrole nitrogens is 1. The number of hydrogen-bond donors (Lipinski definition) is 1. The van der Waals surface area contributed by atoms with Crippen molar-refractivity contribution in [2.45, 2.75) is 17.8 Å². The summed E-state index contributed by atoms with van der Waals surface area (Å²) in [5.41, 5.74) is -2.47. The monoisotopic (exact) mass is 375 g/mol. The number of nitrogens with one attached hydrogen (secondary N) is 1. The minimum Gasteiger partial charge on any atom is -0.496 e. The SMILES string of the molecule is [2H]c1nc(C([2H])([2H])S(=O)c2nc3cc(-n4c([2H])c([2H])c([2H])c4[2H])ccc3n2[2H])c(C)c(OC)c1[2H]. The van der Waals surface area contributed by atoms with E-state index >= 15 is 0 Å². The lowest BCUT2D eigenvalue weighted by molar-refractivity contribution is 0.410. The maximum Gasteiger partial charge on any atom is 0.197 e. The first-order valence-corrected chi connectivity index (χ1v) is 8.59. The van der Waals surface area contributed by atoms with Crippen LogP contribution in [0.25, 0.3) is 16.7 Å². The van der Waals surface area contributed by atoms with E-state index in [0.717, 1.165) is 4.57 Å². The van der Waals surface area contributed by atoms with Crippen LogP contribution in [0.4, 0.5) is 0 Å². The molecule has 0 saturated heterocycles. The minimum atomic E-state index is -2.70. The van der Waals surface area contributed by atoms with Crippen LogP contribution in [0.2, 0.25) is 1.41 Å². The molecule has 0 amide bonds. The van der Waals surface area contributed by atoms with Crippen molar-refractivity contribution in [2.24, 2.45) is 0 Å². The average Bonchev–Trinajstić information content (AvgIpc) is 3.24. The van der Waals surface area contributed by atoms with Crippen LogP contribution in [-0.4, -0.2) is 30.8 Å². The Balaban J connectivity index is 1.84. The molecule has 0 aliphatic carbocycles. The third-order valence-corrected chi connectivity index (χ3v) is 4.53. The summed E-state index contributed by atoms with van der Waals surface area (Å²) in [5.74, 6) is -0.0727. The van der Waals surface area contributed by atoms with E-state index in [0.29, 0.717) is 4.98 Å². The van der Waals surface area contributed by atoms with Crippen LogP contribution in [0.3, 0.4) is 0 Å². The Bertz CT molecular complexity index is 1510. The molecule has 3 aromatic heterocycles. The predicted molar refractivity (Wildman–Crippen MR) is 101 cm³/mol. The minimum absolute atomic E-state index is 0.0727. The number of benzene rings is 1. The van der Waals surface area contributed by atoms with Crippen molar-refractivity contribution >= 4 is 21.8 Å². The van der Waals surface area contributed by atoms with Crippen LogP contribution in [0.15, 0.2) is 60.0 Å². The molecule has 0 fully saturated rings. The van der Waals surface area contributed by atoms with Crippen LogP contribution >= 0.6 is 0 Å². The zero-order chi connectivity index (χ0) is 26.0. The van der Waals surface area contributed by atoms with Gasteiger partial charge in [0.25, 0.3) is 0 Å². The molecule has 0 spiro atoms. The second kappa shape index (κ2) is 6.76. The summed E-state index contributed by atoms with van der Waals surface area (Å²) in [6.07, 6.45) is -1.30. The lowest BCUT2D eigenvalue weighted by Gasteiger charge is -2.08. The molecular weight excluding hydrogens is 348 g/mol. The summed E-state index contributed by atoms with van der Waals surface area (Å²) in [4.78, 5) is 8.67. The van der Waals surface area contributed by atoms with Crippen molar-refractivity contribution in [3.63, 3.8) is 0 Å². The van der Waals surface area contributed by atoms with Gasteiger partial charge >= 0.3 is 0 Å². The van der Waals surface area contributed by atoms with Gasteiger partial charge < -0.3 is 14.3 Å². The maximum absolute atomic E-state index is 13.3. The first-order chi connectivity index (χ1) is 16.3. The molecule has 1 N–H and O–H groups in total. The van der Waals surface area contributed by atoms with Gasteiger partial charge in [0.2, 0.25) is 0 Å². The van der Waals surface area contributed by atoms with Gasteiger partial charge in [-0.15, -0.1) is 0 Å². The Labute approximate surface area is 166 Å². The molecule has 0 saturated carbocycles. The van der Waals surface area contributed by atoms with Gasteiger partial charge in [-0.3, -0.25) is 9.19 Å². The number of methoxy groups -OCH3 is 1. The average molecular weight is 376 g/mol. The summed E-state index contributed by atoms with van der Waals surface area (Å²) in [5, 5.41) is -0.448. The summed E-state index contributed by atoms with van der Waals surface area (Å²) in [7, 11) is -1.33. The van der Waals surface area contributed by atoms with Crippen LogP contribution < -0.4 is 4.74 Å². The highest BCUT2D eigenvalue weighted by Gasteiger charge is 2.15. The third-order valence-electron chi connectivity index (χ3n) is 3.64. The number of pyridine rings is 1. The van der Waals surface area contributed by atoms with Gasteiger partial charge in [0.1, 0.15) is 5.75 Å². The number of imidazole rings is 1. The van der Waals surface area contributed by atoms with Gasteiger partial charge in [0, 0.05) is 32.5 Å². The van der Waals surface area contributed by atoms with Crippen molar-refractivity contribution < 1.29 is 21.3 Å². The summed E-state index contributed by atoms with van der Waals surface area (Å²) < 4.78 is 92.1. The van der Waals surface area contributed by atoms with Gasteiger partial charge in [-0.1, -0.05) is 0 Å². The van der Waals surface area contributed by atoms with Crippen molar-refractivity contribution in [1.29, 1.82) is 0 Å². The lowest BCUT2D eigenvalue weighted by atomic mass is 10.2. The van der Waals surface area contributed by atoms with E-state index in [1.54, 1.807) is 0 Å². The highest BCUT2D eigenvalue weighted by atomic mass is 32.2. The molecule has 0 aliphatic heterocycles. The molecule has 132 valence electrons. The number of aromatic amines is 1. The van der Waals surface area contributed by atoms with Crippen LogP contribution in [0.5, 0.6) is 5.75 Å². The normalized spacial score (nSPS) is 17.8. The standard InChI is InChI=1S/C19H18N4O2S/c1-13-17(20-8-7-18(13)25-2)12-26(24)19-21-15-6-5-14(11-16(15)22-19)23-9-3-4-10-23/h3-11H,12H2,1-2H3,(H,21,22)/i3D,4D,7D,8D,9D,10D,12D2/hD. The molecule has 1 atom stereocenters. The quantitative estimate of drug-likeness (QED) is 0.580. The van der Waals surface area contributed by atoms with Gasteiger partial charge in [-0.05, 0) is 43.3 Å². The molecule has 3 heterocycles. The Kier molecular flexibility index (Phi) is 2.38. The summed E-state index contributed by atoms with van der Waals surface area (Å²) in [6.45, 7) is 1.43. The number of ether oxygens (including phenoxy) is 1. The van der Waals surface area contributed by atoms with E-state index in [-0.39, 0.29) is 52.1 Å². The summed E-state index contributed by atoms with van der Waals surface area (Å²) >= 11 is 0. The van der Waals surface area contributed by atoms with Gasteiger partial charge in [0.15, 0.2) is 6.57 Å². The fourth-order valence-corrected chi connectivity index (χ4v) is 3.16. The molecule has 1 aromatic carbocycles. The van der Waals surface area contributed by atoms with E-state index in [1.165, 1.54) is 32.2 Å². The van der Waals surface area contributed by atoms with Crippen molar-refractivity contribution in [3.05, 3.63) is 66.1 Å². The number of hydrogen-bond acceptors (Lipinski definition) is 4. The van der Waals surface area contributed by atoms with Gasteiger partial charge in [-0.2, -0.15) is 0 Å². The van der Waals surface area contributed by atoms with E-state index in [9.17, 15) is 4.21 Å². The fraction of sp³-hybridized carbons (Fsp3) is 0.158. The van der Waals surface area contributed by atoms with Crippen molar-refractivity contribution in [3.8, 4) is 11.4 Å². The predicted octanol–water partition coefficient (Wildman–Crippen LogP) is 3.37. The first-order valence-electron chi connectivity index (χ1n) is 11.9. The van der Waals surface area contributed by atoms with Crippen LogP contribution in [-0.2, 0) is 16.5 Å². The second-order valence-electron chi connectivity index (χ2n) is 5.21. The fourth-order valence-electron chi connectivity index (χ4n) is 2.33. The van der Waals surface area contributed by atoms with Gasteiger partial charge in [0.05, 0.1) is 48.6 Å². The molecule has 26 heavy (non-hydrogen) atoms. The molecule has 0 bridgehead atoms. The second-order valence-corrected chi connectivity index (χ2v) is 6.32. The third kappa shape index (κ3) is 3.01. The van der Waals surface area contributed by atoms with E-state index in [1.807, 2.05) is 0 Å². The van der Waals surface area contributed by atoms with Crippen LogP contribution in [0, 0.1) is 6.92 Å². The largest absolute Gasteiger partial charge is 0.496 e. The molecule has 0 aliphatic rings. The Morgan fingerprint density at radius 1 is 1.42 bits per heavy atom. The number of aromatic nitrogens is 4. The van der Waals surface area contributed by atoms with Gasteiger partial charge in [-0.25, -0.2) is 4.98 Å². The zero-order valence-electron chi connectivity index (χ0n) is 22.7. The molecule has 0 radical (unpaired) electrons. The Morgan fingerprint density at radius 2 is 2.23 bits per heavy atom. The van der Waals surface area contributed by atoms with E-state index in [2.05, 4.69) is 9.97 Å². The molecule has 4 rings (SSSR count). The van der Waals surface area contributed by atoms with Crippen molar-refractivity contribution in [2.75, 3.05) is 7.11 Å². The lowest BCUT2D eigenvalue weighted by Crippen LogP contribution is -2.03. The Hall–Kier alpha value is -2.93. The number of fused-ring (bicyclic) bond motifs is 1. The maximum atomic E-state index is 13.3. The summed E-state index contributed by atoms with van der Waals surface area (Å²) in [6, 6.07) is 3.07. The first kappa shape index (κ1) is 9.14. The Morgan fingerprint density at radius 3 is 3.00 bits per heavy atom. The number of nitrogens with zero attached hydrogens (tertiary/aromatic N) is 3. The molecule has 1 unspecified atom stereocenters. The smallest absolute Gasteiger partial charge is 0.197 e. The topological polar surface area (TPSA) is 72.8 Å². The van der Waals surface area contributed by atoms with E-state index in [4.69, 9.17) is 17.1 Å². The molecular formula is C19H18N4O2S. The zero-order valence-corrected chi connectivity index (χ0v) is 14.6. The highest BCUT2D eigenvalue weighted by Crippen LogP contribution is 2.22.